The number of aryl methyl sites for hydroxylation is 3. The Morgan fingerprint density at radius 1 is 1.36 bits per heavy atom. The van der Waals surface area contributed by atoms with Crippen LogP contribution >= 0.6 is 11.6 Å². The molecule has 1 heterocycles. The van der Waals surface area contributed by atoms with Gasteiger partial charge in [-0.3, -0.25) is 4.98 Å². The Morgan fingerprint density at radius 2 is 2.09 bits per heavy atom. The number of pyridine rings is 1. The molecule has 0 N–H and O–H groups in total. The van der Waals surface area contributed by atoms with Gasteiger partial charge in [-0.05, 0) is 31.5 Å². The van der Waals surface area contributed by atoms with Gasteiger partial charge in [0, 0.05) is 23.7 Å². The van der Waals surface area contributed by atoms with E-state index in [1.165, 1.54) is 5.56 Å². The normalized spacial score (nSPS) is 10.1. The number of rotatable bonds is 2. The van der Waals surface area contributed by atoms with Crippen molar-refractivity contribution in [1.29, 1.82) is 0 Å². The van der Waals surface area contributed by atoms with Crippen molar-refractivity contribution in [2.75, 3.05) is 5.88 Å². The summed E-state index contributed by atoms with van der Waals surface area (Å²) in [6.45, 7) is 4.08. The highest BCUT2D eigenvalue weighted by Gasteiger charge is 1.95. The molecule has 1 nitrogen and oxygen atoms in total. The van der Waals surface area contributed by atoms with Crippen molar-refractivity contribution in [3.05, 3.63) is 29.1 Å². The van der Waals surface area contributed by atoms with E-state index in [0.717, 1.165) is 17.8 Å². The van der Waals surface area contributed by atoms with E-state index >= 15 is 0 Å². The molecule has 0 spiro atoms. The molecule has 1 aromatic rings. The fourth-order valence-electron chi connectivity index (χ4n) is 1.15. The lowest BCUT2D eigenvalue weighted by Crippen LogP contribution is -1.94. The summed E-state index contributed by atoms with van der Waals surface area (Å²) >= 11 is 5.60. The number of hydrogen-bond acceptors (Lipinski definition) is 1. The highest BCUT2D eigenvalue weighted by Crippen LogP contribution is 2.05. The smallest absolute Gasteiger partial charge is 0.0421 e. The van der Waals surface area contributed by atoms with E-state index in [1.807, 2.05) is 6.92 Å². The van der Waals surface area contributed by atoms with Crippen molar-refractivity contribution in [2.45, 2.75) is 20.3 Å². The van der Waals surface area contributed by atoms with Crippen LogP contribution in [0.5, 0.6) is 0 Å². The van der Waals surface area contributed by atoms with Crippen LogP contribution in [0.25, 0.3) is 0 Å². The standard InChI is InChI=1S/C9H12ClN/c1-7-5-8(2)11-9(6-7)3-4-10/h5-6H,3-4H2,1-2H3. The van der Waals surface area contributed by atoms with Crippen molar-refractivity contribution in [1.82, 2.24) is 4.98 Å². The number of alkyl halides is 1. The summed E-state index contributed by atoms with van der Waals surface area (Å²) in [5, 5.41) is 0. The van der Waals surface area contributed by atoms with E-state index < -0.39 is 0 Å². The van der Waals surface area contributed by atoms with Gasteiger partial charge < -0.3 is 0 Å². The van der Waals surface area contributed by atoms with E-state index in [4.69, 9.17) is 11.6 Å². The molecule has 1 rings (SSSR count). The van der Waals surface area contributed by atoms with Crippen LogP contribution in [0.1, 0.15) is 17.0 Å². The minimum absolute atomic E-state index is 0.649. The first-order chi connectivity index (χ1) is 5.22. The number of halogens is 1. The van der Waals surface area contributed by atoms with Gasteiger partial charge in [0.25, 0.3) is 0 Å². The second-order valence-corrected chi connectivity index (χ2v) is 3.09. The van der Waals surface area contributed by atoms with Crippen LogP contribution in [0.15, 0.2) is 12.1 Å². The second-order valence-electron chi connectivity index (χ2n) is 2.72. The Morgan fingerprint density at radius 3 is 2.64 bits per heavy atom. The Hall–Kier alpha value is -0.560. The van der Waals surface area contributed by atoms with Crippen molar-refractivity contribution < 1.29 is 0 Å². The summed E-state index contributed by atoms with van der Waals surface area (Å²) in [5.41, 5.74) is 3.43. The number of nitrogens with zero attached hydrogens (tertiary/aromatic N) is 1. The summed E-state index contributed by atoms with van der Waals surface area (Å²) in [6.07, 6.45) is 0.865. The zero-order valence-electron chi connectivity index (χ0n) is 6.89. The molecule has 11 heavy (non-hydrogen) atoms. The Balaban J connectivity index is 2.89. The fraction of sp³-hybridized carbons (Fsp3) is 0.444. The highest BCUT2D eigenvalue weighted by molar-refractivity contribution is 6.17. The van der Waals surface area contributed by atoms with Crippen LogP contribution in [0.3, 0.4) is 0 Å². The lowest BCUT2D eigenvalue weighted by molar-refractivity contribution is 1.00. The molecule has 0 aliphatic carbocycles. The average molecular weight is 170 g/mol. The van der Waals surface area contributed by atoms with Gasteiger partial charge in [-0.25, -0.2) is 0 Å². The van der Waals surface area contributed by atoms with Gasteiger partial charge in [-0.15, -0.1) is 11.6 Å². The van der Waals surface area contributed by atoms with Crippen LogP contribution < -0.4 is 0 Å². The maximum Gasteiger partial charge on any atom is 0.0421 e. The molecule has 0 bridgehead atoms. The van der Waals surface area contributed by atoms with Crippen LogP contribution in [0.2, 0.25) is 0 Å². The number of aromatic nitrogens is 1. The summed E-state index contributed by atoms with van der Waals surface area (Å²) in [7, 11) is 0. The second kappa shape index (κ2) is 3.72. The third kappa shape index (κ3) is 2.51. The van der Waals surface area contributed by atoms with Gasteiger partial charge >= 0.3 is 0 Å². The van der Waals surface area contributed by atoms with Crippen LogP contribution in [0.4, 0.5) is 0 Å². The van der Waals surface area contributed by atoms with Gasteiger partial charge in [0.2, 0.25) is 0 Å². The number of hydrogen-bond donors (Lipinski definition) is 0. The molecule has 2 heteroatoms. The molecular formula is C9H12ClN. The molecule has 0 unspecified atom stereocenters. The van der Waals surface area contributed by atoms with Gasteiger partial charge in [0.05, 0.1) is 0 Å². The fourth-order valence-corrected chi connectivity index (χ4v) is 1.34. The van der Waals surface area contributed by atoms with E-state index in [9.17, 15) is 0 Å². The van der Waals surface area contributed by atoms with Gasteiger partial charge in [0.15, 0.2) is 0 Å². The summed E-state index contributed by atoms with van der Waals surface area (Å²) in [6, 6.07) is 4.15. The average Bonchev–Trinajstić information content (AvgIpc) is 1.85. The van der Waals surface area contributed by atoms with Crippen molar-refractivity contribution in [3.63, 3.8) is 0 Å². The summed E-state index contributed by atoms with van der Waals surface area (Å²) in [5.74, 6) is 0.649. The monoisotopic (exact) mass is 169 g/mol. The molecule has 1 aromatic heterocycles. The zero-order chi connectivity index (χ0) is 8.27. The SMILES string of the molecule is Cc1cc(C)nc(CCCl)c1. The van der Waals surface area contributed by atoms with Crippen molar-refractivity contribution >= 4 is 11.6 Å². The molecule has 0 aromatic carbocycles. The highest BCUT2D eigenvalue weighted by atomic mass is 35.5. The maximum absolute atomic E-state index is 5.60. The molecule has 0 amide bonds. The van der Waals surface area contributed by atoms with Crippen LogP contribution in [-0.2, 0) is 6.42 Å². The molecule has 0 saturated carbocycles. The zero-order valence-corrected chi connectivity index (χ0v) is 7.65. The molecule has 0 aliphatic rings. The Labute approximate surface area is 72.4 Å². The summed E-state index contributed by atoms with van der Waals surface area (Å²) in [4.78, 5) is 4.34. The molecule has 0 aliphatic heterocycles. The van der Waals surface area contributed by atoms with E-state index in [-0.39, 0.29) is 0 Å². The van der Waals surface area contributed by atoms with E-state index in [2.05, 4.69) is 24.0 Å². The van der Waals surface area contributed by atoms with Gasteiger partial charge in [-0.2, -0.15) is 0 Å². The predicted octanol–water partition coefficient (Wildman–Crippen LogP) is 2.48. The first-order valence-electron chi connectivity index (χ1n) is 3.72. The largest absolute Gasteiger partial charge is 0.258 e. The maximum atomic E-state index is 5.60. The molecule has 0 saturated heterocycles. The molecule has 60 valence electrons. The molecule has 0 radical (unpaired) electrons. The van der Waals surface area contributed by atoms with Crippen LogP contribution in [0, 0.1) is 13.8 Å². The van der Waals surface area contributed by atoms with Crippen molar-refractivity contribution in [3.8, 4) is 0 Å². The van der Waals surface area contributed by atoms with Gasteiger partial charge in [-0.1, -0.05) is 0 Å². The molecule has 0 fully saturated rings. The Bertz CT molecular complexity index is 225. The molecule has 0 atom stereocenters. The first-order valence-corrected chi connectivity index (χ1v) is 4.26. The Kier molecular flexibility index (Phi) is 2.89. The minimum Gasteiger partial charge on any atom is -0.258 e. The lowest BCUT2D eigenvalue weighted by Gasteiger charge is -2.00. The third-order valence-corrected chi connectivity index (χ3v) is 1.69. The predicted molar refractivity (Wildman–Crippen MR) is 48.1 cm³/mol. The van der Waals surface area contributed by atoms with E-state index in [0.29, 0.717) is 5.88 Å². The third-order valence-electron chi connectivity index (χ3n) is 1.50. The molecular weight excluding hydrogens is 158 g/mol. The van der Waals surface area contributed by atoms with Crippen LogP contribution in [-0.4, -0.2) is 10.9 Å². The van der Waals surface area contributed by atoms with E-state index in [1.54, 1.807) is 0 Å². The topological polar surface area (TPSA) is 12.9 Å². The first kappa shape index (κ1) is 8.54. The van der Waals surface area contributed by atoms with Gasteiger partial charge in [0.1, 0.15) is 0 Å². The summed E-state index contributed by atoms with van der Waals surface area (Å²) < 4.78 is 0. The minimum atomic E-state index is 0.649. The lowest BCUT2D eigenvalue weighted by atomic mass is 10.2. The van der Waals surface area contributed by atoms with Crippen molar-refractivity contribution in [2.24, 2.45) is 0 Å². The quantitative estimate of drug-likeness (QED) is 0.620.